The Morgan fingerprint density at radius 2 is 1.75 bits per heavy atom. The van der Waals surface area contributed by atoms with E-state index in [9.17, 15) is 9.59 Å². The Bertz CT molecular complexity index is 1200. The standard InChI is InChI=1S/C25H30N6O4S/c1-5-35-24(33)18-10-12-30(13-11-18)23(32)22-21(15-36-25-26-16(2)14-17(3)27-25)31(29-28-22)19-6-8-20(34-4)9-7-19/h6-9,14,18H,5,10-13,15H2,1-4H3. The predicted octanol–water partition coefficient (Wildman–Crippen LogP) is 3.39. The second kappa shape index (κ2) is 11.5. The third-order valence-corrected chi connectivity index (χ3v) is 6.84. The fourth-order valence-electron chi connectivity index (χ4n) is 4.15. The van der Waals surface area contributed by atoms with E-state index < -0.39 is 0 Å². The molecule has 0 bridgehead atoms. The van der Waals surface area contributed by atoms with E-state index in [1.54, 1.807) is 23.6 Å². The molecule has 1 amide bonds. The van der Waals surface area contributed by atoms with Crippen LogP contribution in [0.25, 0.3) is 5.69 Å². The molecule has 0 N–H and O–H groups in total. The Morgan fingerprint density at radius 3 is 2.36 bits per heavy atom. The van der Waals surface area contributed by atoms with E-state index in [0.717, 1.165) is 22.8 Å². The summed E-state index contributed by atoms with van der Waals surface area (Å²) >= 11 is 1.43. The number of amides is 1. The Hall–Kier alpha value is -3.47. The van der Waals surface area contributed by atoms with Crippen LogP contribution < -0.4 is 4.74 Å². The van der Waals surface area contributed by atoms with Crippen LogP contribution in [-0.4, -0.2) is 68.5 Å². The average Bonchev–Trinajstić information content (AvgIpc) is 3.30. The van der Waals surface area contributed by atoms with Crippen LogP contribution in [0.2, 0.25) is 0 Å². The van der Waals surface area contributed by atoms with Crippen LogP contribution in [-0.2, 0) is 15.3 Å². The highest BCUT2D eigenvalue weighted by molar-refractivity contribution is 7.98. The van der Waals surface area contributed by atoms with Gasteiger partial charge in [-0.05, 0) is 63.9 Å². The van der Waals surface area contributed by atoms with E-state index in [0.29, 0.717) is 49.1 Å². The number of ether oxygens (including phenoxy) is 2. The zero-order valence-electron chi connectivity index (χ0n) is 20.9. The Balaban J connectivity index is 1.59. The first-order chi connectivity index (χ1) is 17.4. The largest absolute Gasteiger partial charge is 0.497 e. The van der Waals surface area contributed by atoms with Crippen molar-refractivity contribution in [2.24, 2.45) is 5.92 Å². The Labute approximate surface area is 214 Å². The predicted molar refractivity (Wildman–Crippen MR) is 134 cm³/mol. The van der Waals surface area contributed by atoms with Gasteiger partial charge < -0.3 is 14.4 Å². The number of likely N-dealkylation sites (tertiary alicyclic amines) is 1. The lowest BCUT2D eigenvalue weighted by molar-refractivity contribution is -0.149. The summed E-state index contributed by atoms with van der Waals surface area (Å²) in [5.74, 6) is 0.553. The molecule has 0 unspecified atom stereocenters. The highest BCUT2D eigenvalue weighted by atomic mass is 32.2. The molecule has 3 heterocycles. The van der Waals surface area contributed by atoms with Gasteiger partial charge in [-0.15, -0.1) is 5.10 Å². The van der Waals surface area contributed by atoms with E-state index in [1.165, 1.54) is 11.8 Å². The van der Waals surface area contributed by atoms with E-state index in [2.05, 4.69) is 20.3 Å². The van der Waals surface area contributed by atoms with Gasteiger partial charge in [0.15, 0.2) is 10.9 Å². The van der Waals surface area contributed by atoms with Gasteiger partial charge in [0.2, 0.25) is 0 Å². The first kappa shape index (κ1) is 25.6. The third kappa shape index (κ3) is 5.84. The molecule has 190 valence electrons. The number of esters is 1. The van der Waals surface area contributed by atoms with Crippen LogP contribution in [0.5, 0.6) is 5.75 Å². The van der Waals surface area contributed by atoms with Gasteiger partial charge in [0.05, 0.1) is 31.0 Å². The molecule has 0 radical (unpaired) electrons. The lowest BCUT2D eigenvalue weighted by atomic mass is 9.97. The molecule has 1 aliphatic rings. The zero-order chi connectivity index (χ0) is 25.7. The van der Waals surface area contributed by atoms with Crippen LogP contribution in [0.15, 0.2) is 35.5 Å². The van der Waals surface area contributed by atoms with Crippen molar-refractivity contribution in [2.45, 2.75) is 44.5 Å². The first-order valence-corrected chi connectivity index (χ1v) is 12.9. The van der Waals surface area contributed by atoms with Gasteiger partial charge in [-0.3, -0.25) is 9.59 Å². The summed E-state index contributed by atoms with van der Waals surface area (Å²) in [5, 5.41) is 9.24. The van der Waals surface area contributed by atoms with Crippen molar-refractivity contribution in [3.8, 4) is 11.4 Å². The van der Waals surface area contributed by atoms with Crippen LogP contribution in [0.3, 0.4) is 0 Å². The summed E-state index contributed by atoms with van der Waals surface area (Å²) in [4.78, 5) is 36.4. The number of benzene rings is 1. The second-order valence-corrected chi connectivity index (χ2v) is 9.48. The fraction of sp³-hybridized carbons (Fsp3) is 0.440. The molecule has 0 aliphatic carbocycles. The third-order valence-electron chi connectivity index (χ3n) is 5.98. The maximum Gasteiger partial charge on any atom is 0.309 e. The molecule has 4 rings (SSSR count). The number of aromatic nitrogens is 5. The van der Waals surface area contributed by atoms with Gasteiger partial charge >= 0.3 is 5.97 Å². The van der Waals surface area contributed by atoms with Crippen molar-refractivity contribution in [1.82, 2.24) is 29.9 Å². The summed E-state index contributed by atoms with van der Waals surface area (Å²) in [6.45, 7) is 6.94. The molecule has 1 fully saturated rings. The minimum Gasteiger partial charge on any atom is -0.497 e. The number of hydrogen-bond donors (Lipinski definition) is 0. The van der Waals surface area contributed by atoms with Crippen molar-refractivity contribution in [3.05, 3.63) is 53.1 Å². The summed E-state index contributed by atoms with van der Waals surface area (Å²) in [7, 11) is 1.61. The average molecular weight is 511 g/mol. The van der Waals surface area contributed by atoms with Gasteiger partial charge in [-0.25, -0.2) is 14.6 Å². The lowest BCUT2D eigenvalue weighted by Crippen LogP contribution is -2.41. The monoisotopic (exact) mass is 510 g/mol. The summed E-state index contributed by atoms with van der Waals surface area (Å²) in [6.07, 6.45) is 1.13. The highest BCUT2D eigenvalue weighted by Crippen LogP contribution is 2.27. The summed E-state index contributed by atoms with van der Waals surface area (Å²) in [6, 6.07) is 9.33. The van der Waals surface area contributed by atoms with E-state index in [1.807, 2.05) is 44.2 Å². The normalized spacial score (nSPS) is 14.1. The number of carbonyl (C=O) groups excluding carboxylic acids is 2. The number of thioether (sulfide) groups is 1. The molecule has 3 aromatic rings. The molecular formula is C25H30N6O4S. The molecule has 1 aromatic carbocycles. The molecule has 1 saturated heterocycles. The van der Waals surface area contributed by atoms with Gasteiger partial charge in [0.25, 0.3) is 5.91 Å². The Morgan fingerprint density at radius 1 is 1.08 bits per heavy atom. The number of hydrogen-bond acceptors (Lipinski definition) is 9. The molecule has 10 nitrogen and oxygen atoms in total. The van der Waals surface area contributed by atoms with E-state index >= 15 is 0 Å². The number of piperidine rings is 1. The molecular weight excluding hydrogens is 480 g/mol. The molecule has 0 atom stereocenters. The van der Waals surface area contributed by atoms with Crippen LogP contribution in [0, 0.1) is 19.8 Å². The maximum atomic E-state index is 13.5. The highest BCUT2D eigenvalue weighted by Gasteiger charge is 2.31. The SMILES string of the molecule is CCOC(=O)C1CCN(C(=O)c2nnn(-c3ccc(OC)cc3)c2CSc2nc(C)cc(C)n2)CC1. The van der Waals surface area contributed by atoms with Gasteiger partial charge in [-0.1, -0.05) is 17.0 Å². The number of methoxy groups -OCH3 is 1. The first-order valence-electron chi connectivity index (χ1n) is 11.9. The molecule has 2 aromatic heterocycles. The van der Waals surface area contributed by atoms with E-state index in [4.69, 9.17) is 9.47 Å². The zero-order valence-corrected chi connectivity index (χ0v) is 21.7. The molecule has 1 aliphatic heterocycles. The molecule has 0 spiro atoms. The minimum absolute atomic E-state index is 0.180. The molecule has 0 saturated carbocycles. The van der Waals surface area contributed by atoms with Gasteiger partial charge in [-0.2, -0.15) is 0 Å². The van der Waals surface area contributed by atoms with Crippen LogP contribution in [0.1, 0.15) is 47.3 Å². The van der Waals surface area contributed by atoms with Crippen molar-refractivity contribution >= 4 is 23.6 Å². The number of nitrogens with zero attached hydrogens (tertiary/aromatic N) is 6. The van der Waals surface area contributed by atoms with Gasteiger partial charge in [0, 0.05) is 30.2 Å². The van der Waals surface area contributed by atoms with Crippen LogP contribution >= 0.6 is 11.8 Å². The van der Waals surface area contributed by atoms with Crippen molar-refractivity contribution in [1.29, 1.82) is 0 Å². The second-order valence-electron chi connectivity index (χ2n) is 8.54. The summed E-state index contributed by atoms with van der Waals surface area (Å²) in [5.41, 5.74) is 3.48. The number of aryl methyl sites for hydroxylation is 2. The van der Waals surface area contributed by atoms with Crippen molar-refractivity contribution in [2.75, 3.05) is 26.8 Å². The maximum absolute atomic E-state index is 13.5. The Kier molecular flexibility index (Phi) is 8.19. The molecule has 11 heteroatoms. The number of rotatable bonds is 8. The molecule has 36 heavy (non-hydrogen) atoms. The topological polar surface area (TPSA) is 112 Å². The lowest BCUT2D eigenvalue weighted by Gasteiger charge is -2.30. The fourth-order valence-corrected chi connectivity index (χ4v) is 5.09. The number of carbonyl (C=O) groups is 2. The van der Waals surface area contributed by atoms with Crippen molar-refractivity contribution in [3.63, 3.8) is 0 Å². The van der Waals surface area contributed by atoms with E-state index in [-0.39, 0.29) is 23.5 Å². The summed E-state index contributed by atoms with van der Waals surface area (Å²) < 4.78 is 12.1. The minimum atomic E-state index is -0.200. The van der Waals surface area contributed by atoms with Gasteiger partial charge in [0.1, 0.15) is 5.75 Å². The quantitative estimate of drug-likeness (QED) is 0.256. The smallest absolute Gasteiger partial charge is 0.309 e. The van der Waals surface area contributed by atoms with Crippen LogP contribution in [0.4, 0.5) is 0 Å². The van der Waals surface area contributed by atoms with Crippen molar-refractivity contribution < 1.29 is 19.1 Å².